The monoisotopic (exact) mass is 462 g/mol. The number of aliphatic hydroxyl groups excluding tert-OH is 1. The Bertz CT molecular complexity index is 965. The summed E-state index contributed by atoms with van der Waals surface area (Å²) in [5.41, 5.74) is 2.17. The molecule has 0 aromatic heterocycles. The van der Waals surface area contributed by atoms with Crippen molar-refractivity contribution in [2.75, 3.05) is 6.61 Å². The quantitative estimate of drug-likeness (QED) is 0.475. The summed E-state index contributed by atoms with van der Waals surface area (Å²) in [6, 6.07) is 31.8. The van der Waals surface area contributed by atoms with Gasteiger partial charge in [0.05, 0.1) is 34.0 Å². The van der Waals surface area contributed by atoms with Crippen molar-refractivity contribution >= 4 is 13.3 Å². The first-order chi connectivity index (χ1) is 16.0. The molecule has 1 aliphatic heterocycles. The highest BCUT2D eigenvalue weighted by Gasteiger charge is 2.44. The van der Waals surface area contributed by atoms with Gasteiger partial charge >= 0.3 is 0 Å². The minimum Gasteiger partial charge on any atom is -0.388 e. The summed E-state index contributed by atoms with van der Waals surface area (Å²) in [5.74, 6) is 0. The molecule has 1 N–H and O–H groups in total. The van der Waals surface area contributed by atoms with Gasteiger partial charge < -0.3 is 19.3 Å². The smallest absolute Gasteiger partial charge is 0.115 e. The molecule has 5 heteroatoms. The lowest BCUT2D eigenvalue weighted by atomic mass is 10.00. The number of hydrogen-bond donors (Lipinski definition) is 1. The van der Waals surface area contributed by atoms with Crippen LogP contribution in [0.4, 0.5) is 0 Å². The third-order valence-corrected chi connectivity index (χ3v) is 9.71. The van der Waals surface area contributed by atoms with Gasteiger partial charge in [-0.1, -0.05) is 109 Å². The van der Waals surface area contributed by atoms with Gasteiger partial charge in [-0.15, -0.1) is 0 Å². The Balaban J connectivity index is 1.53. The number of hydrogen-bond acceptors (Lipinski definition) is 4. The first-order valence-corrected chi connectivity index (χ1v) is 14.9. The van der Waals surface area contributed by atoms with Gasteiger partial charge in [0.2, 0.25) is 0 Å². The average molecular weight is 463 g/mol. The van der Waals surface area contributed by atoms with Gasteiger partial charge in [0, 0.05) is 0 Å². The number of ether oxygens (including phenoxy) is 3. The Morgan fingerprint density at radius 3 is 1.79 bits per heavy atom. The minimum atomic E-state index is -1.80. The largest absolute Gasteiger partial charge is 0.388 e. The standard InChI is InChI=1S/C28H34O4Si/c1-33(2,24-16-10-5-11-17-24)21-26-28(32-19-23-14-8-4-9-15-23)27(25(29)20-30-26)31-18-22-12-6-3-7-13-22/h3-17,25-29H,18-21H2,1-2H3/t25-,26+,27-,28-/m1/s1. The summed E-state index contributed by atoms with van der Waals surface area (Å²) in [5, 5.41) is 12.2. The van der Waals surface area contributed by atoms with Crippen LogP contribution in [-0.4, -0.2) is 44.2 Å². The van der Waals surface area contributed by atoms with Gasteiger partial charge in [-0.05, 0) is 17.2 Å². The second-order valence-corrected chi connectivity index (χ2v) is 14.2. The lowest BCUT2D eigenvalue weighted by Gasteiger charge is -2.42. The van der Waals surface area contributed by atoms with Crippen LogP contribution in [0.2, 0.25) is 19.1 Å². The molecule has 0 amide bonds. The highest BCUT2D eigenvalue weighted by atomic mass is 28.3. The Labute approximate surface area is 198 Å². The summed E-state index contributed by atoms with van der Waals surface area (Å²) in [6.07, 6.45) is -1.67. The van der Waals surface area contributed by atoms with Crippen LogP contribution < -0.4 is 5.19 Å². The van der Waals surface area contributed by atoms with E-state index in [1.807, 2.05) is 48.5 Å². The van der Waals surface area contributed by atoms with Crippen molar-refractivity contribution in [2.24, 2.45) is 0 Å². The van der Waals surface area contributed by atoms with Crippen LogP contribution in [0.25, 0.3) is 0 Å². The molecule has 1 saturated heterocycles. The molecule has 3 aromatic rings. The Kier molecular flexibility index (Phi) is 8.12. The lowest BCUT2D eigenvalue weighted by molar-refractivity contribution is -0.221. The maximum atomic E-state index is 10.8. The van der Waals surface area contributed by atoms with Crippen LogP contribution in [0, 0.1) is 0 Å². The predicted molar refractivity (Wildman–Crippen MR) is 134 cm³/mol. The SMILES string of the molecule is C[Si](C)(C[C@@H]1OC[C@@H](O)[C@@H](OCc2ccccc2)[C@@H]1OCc1ccccc1)c1ccccc1. The Morgan fingerprint density at radius 2 is 1.24 bits per heavy atom. The minimum absolute atomic E-state index is 0.139. The molecule has 0 bridgehead atoms. The number of benzene rings is 3. The normalized spacial score (nSPS) is 23.4. The van der Waals surface area contributed by atoms with Crippen molar-refractivity contribution in [3.63, 3.8) is 0 Å². The van der Waals surface area contributed by atoms with E-state index in [1.165, 1.54) is 5.19 Å². The lowest BCUT2D eigenvalue weighted by Crippen LogP contribution is -2.58. The van der Waals surface area contributed by atoms with Crippen molar-refractivity contribution in [3.05, 3.63) is 102 Å². The van der Waals surface area contributed by atoms with Gasteiger partial charge in [0.1, 0.15) is 18.3 Å². The van der Waals surface area contributed by atoms with E-state index in [2.05, 4.69) is 55.6 Å². The van der Waals surface area contributed by atoms with E-state index in [9.17, 15) is 5.11 Å². The van der Waals surface area contributed by atoms with Crippen LogP contribution in [0.5, 0.6) is 0 Å². The molecule has 0 radical (unpaired) electrons. The van der Waals surface area contributed by atoms with Crippen LogP contribution >= 0.6 is 0 Å². The van der Waals surface area contributed by atoms with E-state index in [0.29, 0.717) is 13.2 Å². The third kappa shape index (κ3) is 6.40. The highest BCUT2D eigenvalue weighted by molar-refractivity contribution is 6.89. The van der Waals surface area contributed by atoms with Crippen molar-refractivity contribution < 1.29 is 19.3 Å². The molecule has 4 atom stereocenters. The third-order valence-electron chi connectivity index (χ3n) is 6.39. The summed E-state index contributed by atoms with van der Waals surface area (Å²) >= 11 is 0. The molecule has 0 saturated carbocycles. The zero-order chi connectivity index (χ0) is 23.1. The highest BCUT2D eigenvalue weighted by Crippen LogP contribution is 2.29. The molecule has 1 fully saturated rings. The van der Waals surface area contributed by atoms with Crippen LogP contribution in [0.3, 0.4) is 0 Å². The molecule has 4 rings (SSSR count). The molecule has 1 heterocycles. The van der Waals surface area contributed by atoms with E-state index in [1.54, 1.807) is 0 Å². The summed E-state index contributed by atoms with van der Waals surface area (Å²) in [4.78, 5) is 0. The summed E-state index contributed by atoms with van der Waals surface area (Å²) in [7, 11) is -1.80. The number of aliphatic hydroxyl groups is 1. The molecule has 0 aliphatic carbocycles. The van der Waals surface area contributed by atoms with Gasteiger partial charge in [-0.25, -0.2) is 0 Å². The van der Waals surface area contributed by atoms with Gasteiger partial charge in [0.15, 0.2) is 0 Å². The van der Waals surface area contributed by atoms with E-state index in [-0.39, 0.29) is 18.8 Å². The molecule has 174 valence electrons. The van der Waals surface area contributed by atoms with Gasteiger partial charge in [-0.3, -0.25) is 0 Å². The van der Waals surface area contributed by atoms with Crippen LogP contribution in [-0.2, 0) is 27.4 Å². The molecule has 0 unspecified atom stereocenters. The van der Waals surface area contributed by atoms with Gasteiger partial charge in [-0.2, -0.15) is 0 Å². The zero-order valence-electron chi connectivity index (χ0n) is 19.5. The van der Waals surface area contributed by atoms with Crippen LogP contribution in [0.15, 0.2) is 91.0 Å². The Morgan fingerprint density at radius 1 is 0.758 bits per heavy atom. The van der Waals surface area contributed by atoms with E-state index < -0.39 is 20.3 Å². The molecule has 4 nitrogen and oxygen atoms in total. The van der Waals surface area contributed by atoms with E-state index >= 15 is 0 Å². The molecule has 0 spiro atoms. The fourth-order valence-corrected chi connectivity index (χ4v) is 7.16. The van der Waals surface area contributed by atoms with Crippen molar-refractivity contribution in [3.8, 4) is 0 Å². The molecule has 33 heavy (non-hydrogen) atoms. The molecule has 3 aromatic carbocycles. The maximum absolute atomic E-state index is 10.8. The molecular weight excluding hydrogens is 428 g/mol. The molecule has 1 aliphatic rings. The van der Waals surface area contributed by atoms with Crippen molar-refractivity contribution in [2.45, 2.75) is 56.8 Å². The first-order valence-electron chi connectivity index (χ1n) is 11.7. The average Bonchev–Trinajstić information content (AvgIpc) is 2.85. The fourth-order valence-electron chi connectivity index (χ4n) is 4.47. The second kappa shape index (κ2) is 11.2. The first kappa shape index (κ1) is 23.9. The van der Waals surface area contributed by atoms with E-state index in [4.69, 9.17) is 14.2 Å². The summed E-state index contributed by atoms with van der Waals surface area (Å²) in [6.45, 7) is 5.88. The summed E-state index contributed by atoms with van der Waals surface area (Å²) < 4.78 is 19.0. The van der Waals surface area contributed by atoms with Crippen molar-refractivity contribution in [1.82, 2.24) is 0 Å². The Hall–Kier alpha value is -2.28. The predicted octanol–water partition coefficient (Wildman–Crippen LogP) is 4.53. The zero-order valence-corrected chi connectivity index (χ0v) is 20.5. The fraction of sp³-hybridized carbons (Fsp3) is 0.357. The van der Waals surface area contributed by atoms with Crippen LogP contribution in [0.1, 0.15) is 11.1 Å². The van der Waals surface area contributed by atoms with Crippen molar-refractivity contribution in [1.29, 1.82) is 0 Å². The number of rotatable bonds is 9. The van der Waals surface area contributed by atoms with Gasteiger partial charge in [0.25, 0.3) is 0 Å². The topological polar surface area (TPSA) is 47.9 Å². The second-order valence-electron chi connectivity index (χ2n) is 9.42. The molecular formula is C28H34O4Si. The van der Waals surface area contributed by atoms with E-state index in [0.717, 1.165) is 17.2 Å². The maximum Gasteiger partial charge on any atom is 0.115 e.